The fourth-order valence-corrected chi connectivity index (χ4v) is 2.54. The highest BCUT2D eigenvalue weighted by Gasteiger charge is 2.54. The second-order valence-corrected chi connectivity index (χ2v) is 5.78. The molecule has 1 saturated carbocycles. The molecule has 1 aromatic carbocycles. The van der Waals surface area contributed by atoms with Gasteiger partial charge in [0.2, 0.25) is 0 Å². The molecule has 0 unspecified atom stereocenters. The molecule has 2 amide bonds. The van der Waals surface area contributed by atoms with Crippen LogP contribution < -0.4 is 10.6 Å². The van der Waals surface area contributed by atoms with E-state index in [-0.39, 0.29) is 12.1 Å². The zero-order valence-electron chi connectivity index (χ0n) is 11.7. The highest BCUT2D eigenvalue weighted by atomic mass is 19.4. The van der Waals surface area contributed by atoms with Gasteiger partial charge in [-0.3, -0.25) is 0 Å². The molecular formula is C14H15F5N2O. The molecule has 22 heavy (non-hydrogen) atoms. The van der Waals surface area contributed by atoms with Crippen LogP contribution in [0.5, 0.6) is 0 Å². The molecule has 0 heterocycles. The maximum Gasteiger partial charge on any atom is 0.416 e. The molecule has 1 aromatic rings. The number of hydrogen-bond donors (Lipinski definition) is 2. The average molecular weight is 322 g/mol. The summed E-state index contributed by atoms with van der Waals surface area (Å²) in [6.45, 7) is 1.37. The summed E-state index contributed by atoms with van der Waals surface area (Å²) in [7, 11) is 0. The highest BCUT2D eigenvalue weighted by Crippen LogP contribution is 2.45. The SMILES string of the molecule is CC1(NC(=O)NCc2cccc(C(F)(F)F)c2)CC(F)(F)C1. The van der Waals surface area contributed by atoms with Crippen LogP contribution in [-0.4, -0.2) is 17.5 Å². The van der Waals surface area contributed by atoms with Crippen LogP contribution in [0.1, 0.15) is 30.9 Å². The van der Waals surface area contributed by atoms with Crippen LogP contribution in [0.3, 0.4) is 0 Å². The normalized spacial score (nSPS) is 19.2. The number of hydrogen-bond acceptors (Lipinski definition) is 1. The molecule has 8 heteroatoms. The number of urea groups is 1. The van der Waals surface area contributed by atoms with Crippen molar-refractivity contribution >= 4 is 6.03 Å². The lowest BCUT2D eigenvalue weighted by atomic mass is 9.75. The fraction of sp³-hybridized carbons (Fsp3) is 0.500. The zero-order valence-corrected chi connectivity index (χ0v) is 11.7. The van der Waals surface area contributed by atoms with Gasteiger partial charge in [-0.05, 0) is 24.6 Å². The number of halogens is 5. The van der Waals surface area contributed by atoms with Gasteiger partial charge in [0.05, 0.1) is 11.1 Å². The maximum atomic E-state index is 12.8. The van der Waals surface area contributed by atoms with Crippen molar-refractivity contribution in [2.24, 2.45) is 0 Å². The van der Waals surface area contributed by atoms with Crippen molar-refractivity contribution in [3.8, 4) is 0 Å². The Morgan fingerprint density at radius 2 is 1.91 bits per heavy atom. The molecule has 3 nitrogen and oxygen atoms in total. The monoisotopic (exact) mass is 322 g/mol. The van der Waals surface area contributed by atoms with Crippen LogP contribution in [0.15, 0.2) is 24.3 Å². The quantitative estimate of drug-likeness (QED) is 0.819. The first kappa shape index (κ1) is 16.5. The smallest absolute Gasteiger partial charge is 0.334 e. The van der Waals surface area contributed by atoms with Gasteiger partial charge in [0.15, 0.2) is 0 Å². The van der Waals surface area contributed by atoms with Crippen molar-refractivity contribution in [2.45, 2.75) is 43.9 Å². The van der Waals surface area contributed by atoms with E-state index in [0.717, 1.165) is 12.1 Å². The molecule has 122 valence electrons. The van der Waals surface area contributed by atoms with Crippen molar-refractivity contribution in [3.05, 3.63) is 35.4 Å². The van der Waals surface area contributed by atoms with E-state index in [1.54, 1.807) is 0 Å². The van der Waals surface area contributed by atoms with Gasteiger partial charge in [-0.25, -0.2) is 13.6 Å². The maximum absolute atomic E-state index is 12.8. The summed E-state index contributed by atoms with van der Waals surface area (Å²) < 4.78 is 63.3. The van der Waals surface area contributed by atoms with Crippen LogP contribution in [0.2, 0.25) is 0 Å². The summed E-state index contributed by atoms with van der Waals surface area (Å²) in [6, 6.07) is 3.86. The number of rotatable bonds is 3. The Hall–Kier alpha value is -1.86. The third-order valence-corrected chi connectivity index (χ3v) is 3.42. The van der Waals surface area contributed by atoms with Gasteiger partial charge in [-0.1, -0.05) is 12.1 Å². The first-order valence-electron chi connectivity index (χ1n) is 6.59. The highest BCUT2D eigenvalue weighted by molar-refractivity contribution is 5.75. The first-order valence-corrected chi connectivity index (χ1v) is 6.59. The van der Waals surface area contributed by atoms with Crippen LogP contribution in [0.4, 0.5) is 26.7 Å². The summed E-state index contributed by atoms with van der Waals surface area (Å²) in [4.78, 5) is 11.6. The minimum absolute atomic E-state index is 0.123. The van der Waals surface area contributed by atoms with Gasteiger partial charge in [0.25, 0.3) is 5.92 Å². The van der Waals surface area contributed by atoms with Crippen molar-refractivity contribution in [1.29, 1.82) is 0 Å². The Balaban J connectivity index is 1.87. The number of alkyl halides is 5. The molecule has 1 aliphatic carbocycles. The van der Waals surface area contributed by atoms with Crippen molar-refractivity contribution in [3.63, 3.8) is 0 Å². The number of carbonyl (C=O) groups is 1. The molecule has 0 aliphatic heterocycles. The van der Waals surface area contributed by atoms with E-state index in [1.807, 2.05) is 0 Å². The molecule has 0 atom stereocenters. The van der Waals surface area contributed by atoms with E-state index in [9.17, 15) is 26.7 Å². The Morgan fingerprint density at radius 3 is 2.45 bits per heavy atom. The minimum atomic E-state index is -4.46. The predicted octanol–water partition coefficient (Wildman–Crippen LogP) is 3.69. The van der Waals surface area contributed by atoms with Gasteiger partial charge < -0.3 is 10.6 Å². The molecule has 0 aromatic heterocycles. The molecule has 0 radical (unpaired) electrons. The summed E-state index contributed by atoms with van der Waals surface area (Å²) in [5, 5.41) is 4.78. The fourth-order valence-electron chi connectivity index (χ4n) is 2.54. The van der Waals surface area contributed by atoms with Gasteiger partial charge in [-0.15, -0.1) is 0 Å². The van der Waals surface area contributed by atoms with Gasteiger partial charge >= 0.3 is 12.2 Å². The largest absolute Gasteiger partial charge is 0.416 e. The predicted molar refractivity (Wildman–Crippen MR) is 69.4 cm³/mol. The van der Waals surface area contributed by atoms with Gasteiger partial charge in [0.1, 0.15) is 0 Å². The van der Waals surface area contributed by atoms with E-state index in [4.69, 9.17) is 0 Å². The van der Waals surface area contributed by atoms with Crippen LogP contribution in [-0.2, 0) is 12.7 Å². The number of nitrogens with one attached hydrogen (secondary N) is 2. The second-order valence-electron chi connectivity index (χ2n) is 5.78. The molecule has 0 bridgehead atoms. The Bertz CT molecular complexity index is 563. The lowest BCUT2D eigenvalue weighted by molar-refractivity contribution is -0.137. The molecule has 2 N–H and O–H groups in total. The van der Waals surface area contributed by atoms with E-state index in [0.29, 0.717) is 0 Å². The Labute approximate surface area is 123 Å². The van der Waals surface area contributed by atoms with Crippen LogP contribution in [0.25, 0.3) is 0 Å². The Morgan fingerprint density at radius 1 is 1.27 bits per heavy atom. The topological polar surface area (TPSA) is 41.1 Å². The minimum Gasteiger partial charge on any atom is -0.334 e. The van der Waals surface area contributed by atoms with Crippen molar-refractivity contribution < 1.29 is 26.7 Å². The first-order chi connectivity index (χ1) is 9.99. The number of carbonyl (C=O) groups excluding carboxylic acids is 1. The summed E-state index contributed by atoms with van der Waals surface area (Å²) in [6.07, 6.45) is -5.35. The molecule has 1 fully saturated rings. The molecule has 2 rings (SSSR count). The molecule has 0 spiro atoms. The second kappa shape index (κ2) is 5.40. The van der Waals surface area contributed by atoms with Crippen molar-refractivity contribution in [1.82, 2.24) is 10.6 Å². The Kier molecular flexibility index (Phi) is 4.06. The van der Waals surface area contributed by atoms with E-state index in [1.165, 1.54) is 19.1 Å². The van der Waals surface area contributed by atoms with Gasteiger partial charge in [-0.2, -0.15) is 13.2 Å². The molecule has 0 saturated heterocycles. The van der Waals surface area contributed by atoms with E-state index in [2.05, 4.69) is 10.6 Å². The average Bonchev–Trinajstić information content (AvgIpc) is 2.33. The lowest BCUT2D eigenvalue weighted by Gasteiger charge is -2.45. The van der Waals surface area contributed by atoms with Gasteiger partial charge in [0, 0.05) is 19.4 Å². The van der Waals surface area contributed by atoms with Crippen LogP contribution >= 0.6 is 0 Å². The summed E-state index contributed by atoms with van der Waals surface area (Å²) >= 11 is 0. The summed E-state index contributed by atoms with van der Waals surface area (Å²) in [5.74, 6) is -2.77. The number of amides is 2. The van der Waals surface area contributed by atoms with E-state index < -0.39 is 42.1 Å². The zero-order chi connectivity index (χ0) is 16.6. The van der Waals surface area contributed by atoms with E-state index >= 15 is 0 Å². The third kappa shape index (κ3) is 4.08. The standard InChI is InChI=1S/C14H15F5N2O/c1-12(7-13(15,16)8-12)21-11(22)20-6-9-3-2-4-10(5-9)14(17,18)19/h2-5H,6-8H2,1H3,(H2,20,21,22). The molecular weight excluding hydrogens is 307 g/mol. The molecule has 1 aliphatic rings. The van der Waals surface area contributed by atoms with Crippen molar-refractivity contribution in [2.75, 3.05) is 0 Å². The summed E-state index contributed by atoms with van der Waals surface area (Å²) in [5.41, 5.74) is -1.52. The number of benzene rings is 1. The lowest BCUT2D eigenvalue weighted by Crippen LogP contribution is -2.61. The van der Waals surface area contributed by atoms with Crippen LogP contribution in [0, 0.1) is 0 Å². The third-order valence-electron chi connectivity index (χ3n) is 3.42.